The van der Waals surface area contributed by atoms with Gasteiger partial charge in [-0.2, -0.15) is 0 Å². The van der Waals surface area contributed by atoms with E-state index in [0.717, 1.165) is 17.8 Å². The van der Waals surface area contributed by atoms with Crippen LogP contribution in [0.1, 0.15) is 19.5 Å². The molecule has 4 heteroatoms. The molecule has 0 amide bonds. The van der Waals surface area contributed by atoms with Crippen LogP contribution in [0, 0.1) is 5.92 Å². The normalized spacial score (nSPS) is 10.9. The zero-order valence-electron chi connectivity index (χ0n) is 9.45. The highest BCUT2D eigenvalue weighted by Crippen LogP contribution is 2.11. The predicted molar refractivity (Wildman–Crippen MR) is 63.2 cm³/mol. The van der Waals surface area contributed by atoms with Crippen LogP contribution in [0.5, 0.6) is 0 Å². The largest absolute Gasteiger partial charge is 0.359 e. The Balaban J connectivity index is 2.40. The Bertz CT molecular complexity index is 511. The van der Waals surface area contributed by atoms with Crippen molar-refractivity contribution in [2.45, 2.75) is 20.3 Å². The molecule has 0 saturated carbocycles. The fraction of sp³-hybridized carbons (Fsp3) is 0.333. The van der Waals surface area contributed by atoms with E-state index in [2.05, 4.69) is 28.8 Å². The highest BCUT2D eigenvalue weighted by molar-refractivity contribution is 5.48. The van der Waals surface area contributed by atoms with Gasteiger partial charge < -0.3 is 9.97 Å². The lowest BCUT2D eigenvalue weighted by Gasteiger charge is -2.05. The average Bonchev–Trinajstić information content (AvgIpc) is 2.67. The second kappa shape index (κ2) is 4.35. The van der Waals surface area contributed by atoms with Crippen molar-refractivity contribution in [2.24, 2.45) is 5.92 Å². The Kier molecular flexibility index (Phi) is 2.90. The summed E-state index contributed by atoms with van der Waals surface area (Å²) in [5, 5.41) is 0. The van der Waals surface area contributed by atoms with Gasteiger partial charge in [0.2, 0.25) is 0 Å². The summed E-state index contributed by atoms with van der Waals surface area (Å²) in [5.74, 6) is 1.10. The third-order valence-corrected chi connectivity index (χ3v) is 2.27. The fourth-order valence-electron chi connectivity index (χ4n) is 1.64. The lowest BCUT2D eigenvalue weighted by atomic mass is 10.1. The molecule has 4 nitrogen and oxygen atoms in total. The van der Waals surface area contributed by atoms with Crippen molar-refractivity contribution in [3.05, 3.63) is 40.4 Å². The molecule has 0 spiro atoms. The van der Waals surface area contributed by atoms with Gasteiger partial charge in [-0.05, 0) is 24.5 Å². The molecule has 0 bridgehead atoms. The molecule has 16 heavy (non-hydrogen) atoms. The van der Waals surface area contributed by atoms with Crippen LogP contribution in [-0.2, 0) is 6.42 Å². The smallest absolute Gasteiger partial charge is 0.251 e. The first-order valence-electron chi connectivity index (χ1n) is 5.39. The van der Waals surface area contributed by atoms with E-state index >= 15 is 0 Å². The van der Waals surface area contributed by atoms with Crippen LogP contribution in [0.4, 0.5) is 0 Å². The quantitative estimate of drug-likeness (QED) is 0.825. The van der Waals surface area contributed by atoms with Crippen LogP contribution >= 0.6 is 0 Å². The molecule has 0 aliphatic carbocycles. The first-order chi connectivity index (χ1) is 7.65. The van der Waals surface area contributed by atoms with Gasteiger partial charge in [0.1, 0.15) is 0 Å². The van der Waals surface area contributed by atoms with Crippen LogP contribution in [0.2, 0.25) is 0 Å². The lowest BCUT2D eigenvalue weighted by Crippen LogP contribution is -2.11. The lowest BCUT2D eigenvalue weighted by molar-refractivity contribution is 0.633. The molecule has 84 valence electrons. The van der Waals surface area contributed by atoms with Crippen molar-refractivity contribution in [3.8, 4) is 11.5 Å². The Morgan fingerprint density at radius 2 is 2.25 bits per heavy atom. The van der Waals surface area contributed by atoms with Gasteiger partial charge in [-0.15, -0.1) is 0 Å². The molecule has 0 aliphatic heterocycles. The minimum Gasteiger partial charge on any atom is -0.359 e. The molecule has 0 aromatic carbocycles. The molecule has 0 unspecified atom stereocenters. The van der Waals surface area contributed by atoms with Crippen molar-refractivity contribution >= 4 is 0 Å². The maximum Gasteiger partial charge on any atom is 0.251 e. The number of H-pyrrole nitrogens is 2. The van der Waals surface area contributed by atoms with E-state index < -0.39 is 0 Å². The fourth-order valence-corrected chi connectivity index (χ4v) is 1.64. The molecule has 0 saturated heterocycles. The summed E-state index contributed by atoms with van der Waals surface area (Å²) in [7, 11) is 0. The third kappa shape index (κ3) is 2.39. The highest BCUT2D eigenvalue weighted by atomic mass is 16.1. The van der Waals surface area contributed by atoms with Crippen molar-refractivity contribution in [1.29, 1.82) is 0 Å². The summed E-state index contributed by atoms with van der Waals surface area (Å²) in [4.78, 5) is 21.7. The number of nitrogens with zero attached hydrogens (tertiary/aromatic N) is 1. The van der Waals surface area contributed by atoms with E-state index in [1.165, 1.54) is 0 Å². The summed E-state index contributed by atoms with van der Waals surface area (Å²) in [6.07, 6.45) is 2.63. The molecular weight excluding hydrogens is 202 g/mol. The van der Waals surface area contributed by atoms with Crippen molar-refractivity contribution < 1.29 is 0 Å². The number of aromatic nitrogens is 3. The van der Waals surface area contributed by atoms with E-state index in [4.69, 9.17) is 0 Å². The monoisotopic (exact) mass is 217 g/mol. The molecule has 0 fully saturated rings. The Morgan fingerprint density at radius 3 is 2.88 bits per heavy atom. The van der Waals surface area contributed by atoms with Gasteiger partial charge in [-0.3, -0.25) is 4.79 Å². The summed E-state index contributed by atoms with van der Waals surface area (Å²) in [6.45, 7) is 4.22. The summed E-state index contributed by atoms with van der Waals surface area (Å²) in [6, 6.07) is 5.33. The van der Waals surface area contributed by atoms with Gasteiger partial charge in [-0.1, -0.05) is 13.8 Å². The highest BCUT2D eigenvalue weighted by Gasteiger charge is 2.05. The molecule has 2 aromatic heterocycles. The van der Waals surface area contributed by atoms with E-state index in [0.29, 0.717) is 11.7 Å². The molecule has 0 radical (unpaired) electrons. The second-order valence-corrected chi connectivity index (χ2v) is 4.27. The van der Waals surface area contributed by atoms with E-state index in [9.17, 15) is 4.79 Å². The Labute approximate surface area is 93.8 Å². The van der Waals surface area contributed by atoms with E-state index in [1.54, 1.807) is 6.07 Å². The molecular formula is C12H15N3O. The zero-order chi connectivity index (χ0) is 11.5. The molecule has 2 heterocycles. The number of hydrogen-bond donors (Lipinski definition) is 2. The SMILES string of the molecule is CC(C)Cc1cc(=O)[nH]c(-c2ccc[nH]2)n1. The molecule has 0 aliphatic rings. The predicted octanol–water partition coefficient (Wildman–Crippen LogP) is 1.96. The summed E-state index contributed by atoms with van der Waals surface area (Å²) < 4.78 is 0. The third-order valence-electron chi connectivity index (χ3n) is 2.27. The second-order valence-electron chi connectivity index (χ2n) is 4.27. The van der Waals surface area contributed by atoms with Gasteiger partial charge >= 0.3 is 0 Å². The van der Waals surface area contributed by atoms with Crippen molar-refractivity contribution in [3.63, 3.8) is 0 Å². The first-order valence-corrected chi connectivity index (χ1v) is 5.39. The number of nitrogens with one attached hydrogen (secondary N) is 2. The van der Waals surface area contributed by atoms with Crippen molar-refractivity contribution in [2.75, 3.05) is 0 Å². The van der Waals surface area contributed by atoms with Crippen LogP contribution < -0.4 is 5.56 Å². The summed E-state index contributed by atoms with van der Waals surface area (Å²) >= 11 is 0. The minimum atomic E-state index is -0.102. The average molecular weight is 217 g/mol. The molecule has 2 N–H and O–H groups in total. The van der Waals surface area contributed by atoms with Crippen LogP contribution in [0.15, 0.2) is 29.2 Å². The van der Waals surface area contributed by atoms with Gasteiger partial charge in [0, 0.05) is 18.0 Å². The topological polar surface area (TPSA) is 61.5 Å². The van der Waals surface area contributed by atoms with Gasteiger partial charge in [0.05, 0.1) is 5.69 Å². The Hall–Kier alpha value is -1.84. The van der Waals surface area contributed by atoms with Crippen LogP contribution in [-0.4, -0.2) is 15.0 Å². The van der Waals surface area contributed by atoms with E-state index in [1.807, 2.05) is 18.3 Å². The Morgan fingerprint density at radius 1 is 1.44 bits per heavy atom. The molecule has 0 atom stereocenters. The van der Waals surface area contributed by atoms with Gasteiger partial charge in [0.15, 0.2) is 5.82 Å². The van der Waals surface area contributed by atoms with E-state index in [-0.39, 0.29) is 5.56 Å². The minimum absolute atomic E-state index is 0.102. The van der Waals surface area contributed by atoms with Crippen molar-refractivity contribution in [1.82, 2.24) is 15.0 Å². The first kappa shape index (κ1) is 10.7. The zero-order valence-corrected chi connectivity index (χ0v) is 9.45. The summed E-state index contributed by atoms with van der Waals surface area (Å²) in [5.41, 5.74) is 1.57. The van der Waals surface area contributed by atoms with Crippen LogP contribution in [0.3, 0.4) is 0 Å². The standard InChI is InChI=1S/C12H15N3O/c1-8(2)6-9-7-11(16)15-12(14-9)10-4-3-5-13-10/h3-5,7-8,13H,6H2,1-2H3,(H,14,15,16). The number of aromatic amines is 2. The number of rotatable bonds is 3. The van der Waals surface area contributed by atoms with Gasteiger partial charge in [-0.25, -0.2) is 4.98 Å². The van der Waals surface area contributed by atoms with Gasteiger partial charge in [0.25, 0.3) is 5.56 Å². The van der Waals surface area contributed by atoms with Crippen LogP contribution in [0.25, 0.3) is 11.5 Å². The maximum absolute atomic E-state index is 11.5. The molecule has 2 rings (SSSR count). The molecule has 2 aromatic rings. The number of hydrogen-bond acceptors (Lipinski definition) is 2. The maximum atomic E-state index is 11.5.